The van der Waals surface area contributed by atoms with Gasteiger partial charge in [0.2, 0.25) is 0 Å². The molecular formula is C17H20F2N2. The predicted molar refractivity (Wildman–Crippen MR) is 82.4 cm³/mol. The van der Waals surface area contributed by atoms with Gasteiger partial charge >= 0.3 is 0 Å². The molecule has 0 aliphatic carbocycles. The topological polar surface area (TPSA) is 29.3 Å². The van der Waals surface area contributed by atoms with Crippen molar-refractivity contribution in [3.63, 3.8) is 0 Å². The molecule has 0 bridgehead atoms. The quantitative estimate of drug-likeness (QED) is 0.914. The third-order valence-corrected chi connectivity index (χ3v) is 3.39. The number of halogens is 2. The van der Waals surface area contributed by atoms with E-state index < -0.39 is 11.6 Å². The Morgan fingerprint density at radius 1 is 1.05 bits per heavy atom. The Kier molecular flexibility index (Phi) is 4.91. The molecule has 2 rings (SSSR count). The number of rotatable bonds is 5. The standard InChI is InChI=1S/C17H20F2N2/c1-12-4-3-5-14(8-12)11-21(2)17-15(18)9-13(6-7-20)10-16(17)19/h3-5,8-10H,6-7,11,20H2,1-2H3. The number of hydrogen-bond donors (Lipinski definition) is 1. The van der Waals surface area contributed by atoms with Crippen LogP contribution in [0.15, 0.2) is 36.4 Å². The van der Waals surface area contributed by atoms with Crippen LogP contribution in [0.4, 0.5) is 14.5 Å². The minimum Gasteiger partial charge on any atom is -0.366 e. The monoisotopic (exact) mass is 290 g/mol. The Morgan fingerprint density at radius 2 is 1.71 bits per heavy atom. The maximum absolute atomic E-state index is 14.1. The van der Waals surface area contributed by atoms with Gasteiger partial charge in [-0.05, 0) is 43.1 Å². The lowest BCUT2D eigenvalue weighted by molar-refractivity contribution is 0.573. The van der Waals surface area contributed by atoms with Crippen molar-refractivity contribution < 1.29 is 8.78 Å². The molecule has 21 heavy (non-hydrogen) atoms. The third-order valence-electron chi connectivity index (χ3n) is 3.39. The van der Waals surface area contributed by atoms with Crippen LogP contribution < -0.4 is 10.6 Å². The summed E-state index contributed by atoms with van der Waals surface area (Å²) in [4.78, 5) is 1.59. The molecule has 0 radical (unpaired) electrons. The van der Waals surface area contributed by atoms with Crippen LogP contribution in [0.3, 0.4) is 0 Å². The highest BCUT2D eigenvalue weighted by Gasteiger charge is 2.15. The number of nitrogens with two attached hydrogens (primary N) is 1. The zero-order valence-corrected chi connectivity index (χ0v) is 12.4. The highest BCUT2D eigenvalue weighted by molar-refractivity contribution is 5.50. The molecule has 0 atom stereocenters. The molecule has 112 valence electrons. The lowest BCUT2D eigenvalue weighted by Gasteiger charge is -2.21. The van der Waals surface area contributed by atoms with Gasteiger partial charge in [0.1, 0.15) is 17.3 Å². The van der Waals surface area contributed by atoms with E-state index in [0.29, 0.717) is 25.1 Å². The molecular weight excluding hydrogens is 270 g/mol. The summed E-state index contributed by atoms with van der Waals surface area (Å²) in [6.45, 7) is 2.81. The van der Waals surface area contributed by atoms with E-state index in [2.05, 4.69) is 0 Å². The van der Waals surface area contributed by atoms with Gasteiger partial charge in [0.25, 0.3) is 0 Å². The molecule has 0 amide bonds. The first-order valence-electron chi connectivity index (χ1n) is 6.96. The van der Waals surface area contributed by atoms with Crippen molar-refractivity contribution >= 4 is 5.69 Å². The highest BCUT2D eigenvalue weighted by atomic mass is 19.1. The highest BCUT2D eigenvalue weighted by Crippen LogP contribution is 2.25. The van der Waals surface area contributed by atoms with Crippen molar-refractivity contribution in [1.29, 1.82) is 0 Å². The largest absolute Gasteiger partial charge is 0.366 e. The van der Waals surface area contributed by atoms with Crippen molar-refractivity contribution in [3.8, 4) is 0 Å². The normalized spacial score (nSPS) is 10.7. The molecule has 0 aliphatic rings. The zero-order chi connectivity index (χ0) is 15.4. The van der Waals surface area contributed by atoms with E-state index in [4.69, 9.17) is 5.73 Å². The van der Waals surface area contributed by atoms with Crippen LogP contribution >= 0.6 is 0 Å². The molecule has 0 heterocycles. The summed E-state index contributed by atoms with van der Waals surface area (Å²) in [6, 6.07) is 10.6. The van der Waals surface area contributed by atoms with E-state index >= 15 is 0 Å². The van der Waals surface area contributed by atoms with Crippen LogP contribution in [0.1, 0.15) is 16.7 Å². The Hall–Kier alpha value is -1.94. The SMILES string of the molecule is Cc1cccc(CN(C)c2c(F)cc(CCN)cc2F)c1. The third kappa shape index (κ3) is 3.79. The Balaban J connectivity index is 2.24. The van der Waals surface area contributed by atoms with Crippen molar-refractivity contribution in [2.45, 2.75) is 19.9 Å². The first-order chi connectivity index (χ1) is 10.0. The fourth-order valence-electron chi connectivity index (χ4n) is 2.46. The van der Waals surface area contributed by atoms with Gasteiger partial charge in [-0.3, -0.25) is 0 Å². The number of aryl methyl sites for hydroxylation is 1. The van der Waals surface area contributed by atoms with E-state index in [1.165, 1.54) is 12.1 Å². The first kappa shape index (κ1) is 15.4. The second kappa shape index (κ2) is 6.68. The molecule has 2 aromatic carbocycles. The molecule has 0 saturated carbocycles. The van der Waals surface area contributed by atoms with Gasteiger partial charge in [-0.15, -0.1) is 0 Å². The maximum atomic E-state index is 14.1. The number of anilines is 1. The van der Waals surface area contributed by atoms with Crippen molar-refractivity contribution in [2.75, 3.05) is 18.5 Å². The van der Waals surface area contributed by atoms with Crippen LogP contribution in [0.25, 0.3) is 0 Å². The molecule has 2 N–H and O–H groups in total. The minimum absolute atomic E-state index is 0.00252. The smallest absolute Gasteiger partial charge is 0.149 e. The summed E-state index contributed by atoms with van der Waals surface area (Å²) in [5.41, 5.74) is 8.14. The van der Waals surface area contributed by atoms with Crippen molar-refractivity contribution in [3.05, 3.63) is 64.7 Å². The van der Waals surface area contributed by atoms with E-state index in [1.807, 2.05) is 31.2 Å². The molecule has 4 heteroatoms. The Labute approximate surface area is 124 Å². The fraction of sp³-hybridized carbons (Fsp3) is 0.294. The van der Waals surface area contributed by atoms with Crippen LogP contribution in [-0.2, 0) is 13.0 Å². The number of nitrogens with zero attached hydrogens (tertiary/aromatic N) is 1. The van der Waals surface area contributed by atoms with Gasteiger partial charge in [-0.1, -0.05) is 29.8 Å². The molecule has 0 unspecified atom stereocenters. The average molecular weight is 290 g/mol. The summed E-state index contributed by atoms with van der Waals surface area (Å²) in [6.07, 6.45) is 0.468. The van der Waals surface area contributed by atoms with Gasteiger partial charge in [-0.2, -0.15) is 0 Å². The van der Waals surface area contributed by atoms with Crippen LogP contribution in [0.2, 0.25) is 0 Å². The van der Waals surface area contributed by atoms with Crippen LogP contribution in [-0.4, -0.2) is 13.6 Å². The van der Waals surface area contributed by atoms with E-state index in [-0.39, 0.29) is 5.69 Å². The summed E-state index contributed by atoms with van der Waals surface area (Å²) in [5, 5.41) is 0. The maximum Gasteiger partial charge on any atom is 0.149 e. The predicted octanol–water partition coefficient (Wildman–Crippen LogP) is 3.41. The summed E-state index contributed by atoms with van der Waals surface area (Å²) in [5.74, 6) is -1.10. The van der Waals surface area contributed by atoms with Gasteiger partial charge in [0.05, 0.1) is 0 Å². The lowest BCUT2D eigenvalue weighted by atomic mass is 10.1. The van der Waals surface area contributed by atoms with Crippen LogP contribution in [0.5, 0.6) is 0 Å². The van der Waals surface area contributed by atoms with Crippen molar-refractivity contribution in [1.82, 2.24) is 0 Å². The average Bonchev–Trinajstić information content (AvgIpc) is 2.38. The van der Waals surface area contributed by atoms with E-state index in [9.17, 15) is 8.78 Å². The van der Waals surface area contributed by atoms with Gasteiger partial charge in [-0.25, -0.2) is 8.78 Å². The van der Waals surface area contributed by atoms with Gasteiger partial charge in [0.15, 0.2) is 0 Å². The molecule has 0 spiro atoms. The molecule has 0 aromatic heterocycles. The van der Waals surface area contributed by atoms with Crippen molar-refractivity contribution in [2.24, 2.45) is 5.73 Å². The Morgan fingerprint density at radius 3 is 2.29 bits per heavy atom. The number of benzene rings is 2. The lowest BCUT2D eigenvalue weighted by Crippen LogP contribution is -2.19. The summed E-state index contributed by atoms with van der Waals surface area (Å²) in [7, 11) is 1.69. The fourth-order valence-corrected chi connectivity index (χ4v) is 2.46. The van der Waals surface area contributed by atoms with Crippen LogP contribution in [0, 0.1) is 18.6 Å². The number of hydrogen-bond acceptors (Lipinski definition) is 2. The first-order valence-corrected chi connectivity index (χ1v) is 6.96. The molecule has 0 saturated heterocycles. The second-order valence-electron chi connectivity index (χ2n) is 5.29. The van der Waals surface area contributed by atoms with Gasteiger partial charge in [0, 0.05) is 13.6 Å². The molecule has 0 aliphatic heterocycles. The minimum atomic E-state index is -0.548. The summed E-state index contributed by atoms with van der Waals surface area (Å²) < 4.78 is 28.3. The Bertz CT molecular complexity index is 603. The zero-order valence-electron chi connectivity index (χ0n) is 12.4. The molecule has 2 aromatic rings. The molecule has 2 nitrogen and oxygen atoms in total. The van der Waals surface area contributed by atoms with Gasteiger partial charge < -0.3 is 10.6 Å². The van der Waals surface area contributed by atoms with E-state index in [1.54, 1.807) is 11.9 Å². The summed E-state index contributed by atoms with van der Waals surface area (Å²) >= 11 is 0. The second-order valence-corrected chi connectivity index (χ2v) is 5.29. The molecule has 0 fully saturated rings. The van der Waals surface area contributed by atoms with E-state index in [0.717, 1.165) is 11.1 Å².